The van der Waals surface area contributed by atoms with Crippen LogP contribution in [0.2, 0.25) is 0 Å². The minimum Gasteiger partial charge on any atom is -0.507 e. The Kier molecular flexibility index (Phi) is 9.00. The predicted molar refractivity (Wildman–Crippen MR) is 153 cm³/mol. The third-order valence-corrected chi connectivity index (χ3v) is 9.94. The lowest BCUT2D eigenvalue weighted by Gasteiger charge is -2.41. The second kappa shape index (κ2) is 12.4. The molecule has 0 heterocycles. The van der Waals surface area contributed by atoms with E-state index >= 15 is 0 Å². The highest BCUT2D eigenvalue weighted by atomic mass is 16.5. The van der Waals surface area contributed by atoms with Crippen molar-refractivity contribution in [3.63, 3.8) is 0 Å². The van der Waals surface area contributed by atoms with Gasteiger partial charge in [-0.1, -0.05) is 69.9 Å². The van der Waals surface area contributed by atoms with E-state index in [0.29, 0.717) is 36.5 Å². The van der Waals surface area contributed by atoms with Crippen LogP contribution in [0.5, 0.6) is 11.5 Å². The third kappa shape index (κ3) is 5.49. The molecule has 2 aromatic rings. The van der Waals surface area contributed by atoms with E-state index < -0.39 is 0 Å². The number of methoxy groups -OCH3 is 2. The summed E-state index contributed by atoms with van der Waals surface area (Å²) in [6, 6.07) is 9.19. The van der Waals surface area contributed by atoms with Gasteiger partial charge in [0.25, 0.3) is 0 Å². The number of hydrogen-bond acceptors (Lipinski definition) is 4. The van der Waals surface area contributed by atoms with Gasteiger partial charge in [-0.2, -0.15) is 0 Å². The highest BCUT2D eigenvalue weighted by Crippen LogP contribution is 2.51. The Balaban J connectivity index is 1.68. The molecule has 0 aliphatic heterocycles. The lowest BCUT2D eigenvalue weighted by molar-refractivity contribution is 0.181. The number of ether oxygens (including phenoxy) is 2. The Labute approximate surface area is 229 Å². The second-order valence-electron chi connectivity index (χ2n) is 12.3. The van der Waals surface area contributed by atoms with Crippen molar-refractivity contribution in [3.8, 4) is 11.5 Å². The molecule has 4 heteroatoms. The number of phenols is 2. The van der Waals surface area contributed by atoms with Gasteiger partial charge in [-0.25, -0.2) is 0 Å². The quantitative estimate of drug-likeness (QED) is 0.365. The van der Waals surface area contributed by atoms with Crippen molar-refractivity contribution in [3.05, 3.63) is 57.6 Å². The van der Waals surface area contributed by atoms with Crippen LogP contribution in [0.25, 0.3) is 0 Å². The zero-order valence-electron chi connectivity index (χ0n) is 23.7. The van der Waals surface area contributed by atoms with Crippen LogP contribution in [-0.2, 0) is 28.1 Å². The molecule has 2 N–H and O–H groups in total. The fourth-order valence-electron chi connectivity index (χ4n) is 7.87. The van der Waals surface area contributed by atoms with Gasteiger partial charge >= 0.3 is 0 Å². The number of hydrogen-bond donors (Lipinski definition) is 2. The number of rotatable bonds is 8. The molecule has 2 aromatic carbocycles. The van der Waals surface area contributed by atoms with Gasteiger partial charge in [0.05, 0.1) is 13.2 Å². The van der Waals surface area contributed by atoms with E-state index in [1.54, 1.807) is 14.2 Å². The summed E-state index contributed by atoms with van der Waals surface area (Å²) in [6.45, 7) is 0.848. The second-order valence-corrected chi connectivity index (χ2v) is 12.3. The number of phenolic OH excluding ortho intramolecular Hbond substituents is 2. The predicted octanol–water partition coefficient (Wildman–Crippen LogP) is 8.74. The van der Waals surface area contributed by atoms with E-state index in [2.05, 4.69) is 24.3 Å². The molecule has 0 radical (unpaired) electrons. The van der Waals surface area contributed by atoms with Gasteiger partial charge in [0.1, 0.15) is 11.5 Å². The molecule has 0 spiro atoms. The molecule has 0 bridgehead atoms. The Hall–Kier alpha value is -2.04. The number of aromatic hydroxyl groups is 2. The lowest BCUT2D eigenvalue weighted by atomic mass is 9.63. The average molecular weight is 521 g/mol. The van der Waals surface area contributed by atoms with Crippen molar-refractivity contribution < 1.29 is 19.7 Å². The first-order chi connectivity index (χ1) is 18.6. The largest absolute Gasteiger partial charge is 0.507 e. The van der Waals surface area contributed by atoms with Crippen molar-refractivity contribution in [2.24, 2.45) is 0 Å². The van der Waals surface area contributed by atoms with Crippen molar-refractivity contribution in [2.45, 2.75) is 127 Å². The fraction of sp³-hybridized carbons (Fsp3) is 0.647. The smallest absolute Gasteiger partial charge is 0.124 e. The van der Waals surface area contributed by atoms with Crippen molar-refractivity contribution in [1.29, 1.82) is 0 Å². The first kappa shape index (κ1) is 27.5. The maximum Gasteiger partial charge on any atom is 0.124 e. The first-order valence-electron chi connectivity index (χ1n) is 15.3. The SMILES string of the molecule is COCc1cc(C2(c3cc(COC)c(O)c(C4CCCCC4)c3)CCCCC2)cc(C2CCCCC2)c1O. The number of benzene rings is 2. The Bertz CT molecular complexity index is 993. The lowest BCUT2D eigenvalue weighted by Crippen LogP contribution is -2.31. The highest BCUT2D eigenvalue weighted by molar-refractivity contribution is 5.54. The van der Waals surface area contributed by atoms with Crippen LogP contribution < -0.4 is 0 Å². The van der Waals surface area contributed by atoms with Gasteiger partial charge in [-0.05, 0) is 84.7 Å². The van der Waals surface area contributed by atoms with E-state index in [9.17, 15) is 10.2 Å². The minimum atomic E-state index is -0.128. The normalized spacial score (nSPS) is 21.0. The Morgan fingerprint density at radius 2 is 1.00 bits per heavy atom. The van der Waals surface area contributed by atoms with E-state index in [4.69, 9.17) is 9.47 Å². The summed E-state index contributed by atoms with van der Waals surface area (Å²) in [6.07, 6.45) is 18.0. The third-order valence-electron chi connectivity index (χ3n) is 9.94. The topological polar surface area (TPSA) is 58.9 Å². The van der Waals surface area contributed by atoms with Gasteiger partial charge in [-0.15, -0.1) is 0 Å². The summed E-state index contributed by atoms with van der Waals surface area (Å²) in [4.78, 5) is 0. The molecule has 4 nitrogen and oxygen atoms in total. The standard InChI is InChI=1S/C34H48O4/c1-37-22-26-18-28(20-30(32(26)35)24-12-6-3-7-13-24)34(16-10-5-11-17-34)29-19-27(23-38-2)33(36)31(21-29)25-14-8-4-9-15-25/h18-21,24-25,35-36H,3-17,22-23H2,1-2H3. The van der Waals surface area contributed by atoms with Gasteiger partial charge in [0.15, 0.2) is 0 Å². The van der Waals surface area contributed by atoms with Crippen LogP contribution in [-0.4, -0.2) is 24.4 Å². The Morgan fingerprint density at radius 1 is 0.605 bits per heavy atom. The molecule has 0 amide bonds. The highest BCUT2D eigenvalue weighted by Gasteiger charge is 2.39. The van der Waals surface area contributed by atoms with E-state index in [1.165, 1.54) is 68.9 Å². The van der Waals surface area contributed by atoms with Crippen LogP contribution >= 0.6 is 0 Å². The van der Waals surface area contributed by atoms with Gasteiger partial charge in [0, 0.05) is 30.8 Å². The summed E-state index contributed by atoms with van der Waals surface area (Å²) < 4.78 is 11.2. The van der Waals surface area contributed by atoms with Crippen molar-refractivity contribution >= 4 is 0 Å². The maximum absolute atomic E-state index is 11.4. The maximum atomic E-state index is 11.4. The van der Waals surface area contributed by atoms with E-state index in [0.717, 1.165) is 60.8 Å². The molecule has 0 aromatic heterocycles. The zero-order valence-corrected chi connectivity index (χ0v) is 23.7. The summed E-state index contributed by atoms with van der Waals surface area (Å²) in [7, 11) is 3.44. The van der Waals surface area contributed by atoms with Gasteiger partial charge < -0.3 is 19.7 Å². The summed E-state index contributed by atoms with van der Waals surface area (Å²) in [5.74, 6) is 1.73. The molecular weight excluding hydrogens is 472 g/mol. The van der Waals surface area contributed by atoms with Crippen LogP contribution in [0.15, 0.2) is 24.3 Å². The van der Waals surface area contributed by atoms with Crippen molar-refractivity contribution in [1.82, 2.24) is 0 Å². The van der Waals surface area contributed by atoms with Crippen LogP contribution in [0.1, 0.15) is 142 Å². The zero-order chi connectivity index (χ0) is 26.5. The molecule has 3 aliphatic carbocycles. The monoisotopic (exact) mass is 520 g/mol. The molecule has 0 saturated heterocycles. The molecule has 0 atom stereocenters. The average Bonchev–Trinajstić information content (AvgIpc) is 2.96. The Morgan fingerprint density at radius 3 is 1.39 bits per heavy atom. The molecule has 38 heavy (non-hydrogen) atoms. The van der Waals surface area contributed by atoms with Crippen LogP contribution in [0.4, 0.5) is 0 Å². The summed E-state index contributed by atoms with van der Waals surface area (Å²) in [5, 5.41) is 22.8. The fourth-order valence-corrected chi connectivity index (χ4v) is 7.87. The van der Waals surface area contributed by atoms with Crippen LogP contribution in [0, 0.1) is 0 Å². The molecular formula is C34H48O4. The molecule has 3 fully saturated rings. The molecule has 3 aliphatic rings. The van der Waals surface area contributed by atoms with Gasteiger partial charge in [0.2, 0.25) is 0 Å². The van der Waals surface area contributed by atoms with E-state index in [1.807, 2.05) is 0 Å². The summed E-state index contributed by atoms with van der Waals surface area (Å²) in [5.41, 5.74) is 6.61. The molecule has 3 saturated carbocycles. The van der Waals surface area contributed by atoms with Crippen LogP contribution in [0.3, 0.4) is 0 Å². The van der Waals surface area contributed by atoms with Crippen molar-refractivity contribution in [2.75, 3.05) is 14.2 Å². The van der Waals surface area contributed by atoms with E-state index in [-0.39, 0.29) is 5.41 Å². The molecule has 208 valence electrons. The minimum absolute atomic E-state index is 0.128. The summed E-state index contributed by atoms with van der Waals surface area (Å²) >= 11 is 0. The molecule has 5 rings (SSSR count). The first-order valence-corrected chi connectivity index (χ1v) is 15.3. The van der Waals surface area contributed by atoms with Gasteiger partial charge in [-0.3, -0.25) is 0 Å². The molecule has 0 unspecified atom stereocenters.